The minimum Gasteiger partial charge on any atom is -0.328 e. The summed E-state index contributed by atoms with van der Waals surface area (Å²) in [6, 6.07) is 8.51. The molecule has 0 saturated heterocycles. The fraction of sp³-hybridized carbons (Fsp3) is 0.357. The van der Waals surface area contributed by atoms with Crippen molar-refractivity contribution in [2.24, 2.45) is 0 Å². The van der Waals surface area contributed by atoms with Gasteiger partial charge >= 0.3 is 0 Å². The number of hydrogen-bond donors (Lipinski definition) is 0. The Morgan fingerprint density at radius 3 is 2.71 bits per heavy atom. The summed E-state index contributed by atoms with van der Waals surface area (Å²) in [5.41, 5.74) is 3.72. The van der Waals surface area contributed by atoms with E-state index in [9.17, 15) is 0 Å². The molecule has 2 nitrogen and oxygen atoms in total. The van der Waals surface area contributed by atoms with E-state index in [0.29, 0.717) is 0 Å². The van der Waals surface area contributed by atoms with E-state index in [0.717, 1.165) is 23.1 Å². The van der Waals surface area contributed by atoms with Crippen LogP contribution in [0.2, 0.25) is 0 Å². The quantitative estimate of drug-likeness (QED) is 0.777. The van der Waals surface area contributed by atoms with Crippen molar-refractivity contribution < 1.29 is 0 Å². The van der Waals surface area contributed by atoms with E-state index in [1.807, 2.05) is 0 Å². The molecule has 1 aliphatic heterocycles. The van der Waals surface area contributed by atoms with E-state index >= 15 is 0 Å². The highest BCUT2D eigenvalue weighted by molar-refractivity contribution is 9.10. The molecule has 0 aliphatic carbocycles. The summed E-state index contributed by atoms with van der Waals surface area (Å²) in [5.74, 6) is 1.26. The summed E-state index contributed by atoms with van der Waals surface area (Å²) < 4.78 is 3.51. The Hall–Kier alpha value is -1.09. The Bertz CT molecular complexity index is 540. The van der Waals surface area contributed by atoms with Gasteiger partial charge in [0.1, 0.15) is 5.82 Å². The van der Waals surface area contributed by atoms with E-state index < -0.39 is 0 Å². The molecule has 88 valence electrons. The zero-order valence-corrected chi connectivity index (χ0v) is 11.5. The van der Waals surface area contributed by atoms with Crippen LogP contribution in [0.3, 0.4) is 0 Å². The standard InChI is InChI=1S/C14H15BrN2/c1-10-14(11-5-7-12(15)8-6-11)17-9-3-2-4-13(17)16-10/h5-8H,2-4,9H2,1H3. The molecule has 0 amide bonds. The third-order valence-corrected chi connectivity index (χ3v) is 3.90. The first-order valence-electron chi connectivity index (χ1n) is 6.07. The van der Waals surface area contributed by atoms with Crippen molar-refractivity contribution in [3.8, 4) is 11.3 Å². The Balaban J connectivity index is 2.13. The highest BCUT2D eigenvalue weighted by Gasteiger charge is 2.18. The zero-order valence-electron chi connectivity index (χ0n) is 9.91. The topological polar surface area (TPSA) is 17.8 Å². The summed E-state index contributed by atoms with van der Waals surface area (Å²) in [5, 5.41) is 0. The number of rotatable bonds is 1. The van der Waals surface area contributed by atoms with Crippen LogP contribution >= 0.6 is 15.9 Å². The van der Waals surface area contributed by atoms with Crippen LogP contribution in [0, 0.1) is 6.92 Å². The van der Waals surface area contributed by atoms with Crippen LogP contribution in [-0.2, 0) is 13.0 Å². The van der Waals surface area contributed by atoms with Gasteiger partial charge in [0.15, 0.2) is 0 Å². The van der Waals surface area contributed by atoms with Gasteiger partial charge in [-0.15, -0.1) is 0 Å². The molecule has 0 saturated carbocycles. The van der Waals surface area contributed by atoms with Crippen molar-refractivity contribution in [1.82, 2.24) is 9.55 Å². The lowest BCUT2D eigenvalue weighted by atomic mass is 10.1. The van der Waals surface area contributed by atoms with E-state index in [1.54, 1.807) is 0 Å². The van der Waals surface area contributed by atoms with Crippen LogP contribution in [0.5, 0.6) is 0 Å². The van der Waals surface area contributed by atoms with Gasteiger partial charge in [0, 0.05) is 23.0 Å². The number of aromatic nitrogens is 2. The second kappa shape index (κ2) is 4.30. The zero-order chi connectivity index (χ0) is 11.8. The third-order valence-electron chi connectivity index (χ3n) is 3.37. The van der Waals surface area contributed by atoms with Gasteiger partial charge in [0.2, 0.25) is 0 Å². The van der Waals surface area contributed by atoms with E-state index in [4.69, 9.17) is 4.98 Å². The normalized spacial score (nSPS) is 14.7. The molecule has 2 heterocycles. The maximum atomic E-state index is 4.70. The maximum absolute atomic E-state index is 4.70. The molecule has 0 fully saturated rings. The largest absolute Gasteiger partial charge is 0.328 e. The number of imidazole rings is 1. The molecule has 0 N–H and O–H groups in total. The predicted molar refractivity (Wildman–Crippen MR) is 73.0 cm³/mol. The molecule has 1 aromatic carbocycles. The third kappa shape index (κ3) is 1.93. The van der Waals surface area contributed by atoms with Crippen molar-refractivity contribution in [2.45, 2.75) is 32.7 Å². The highest BCUT2D eigenvalue weighted by atomic mass is 79.9. The van der Waals surface area contributed by atoms with E-state index in [2.05, 4.69) is 51.7 Å². The Kier molecular flexibility index (Phi) is 2.79. The van der Waals surface area contributed by atoms with Crippen LogP contribution in [0.4, 0.5) is 0 Å². The summed E-state index contributed by atoms with van der Waals surface area (Å²) in [6.07, 6.45) is 3.67. The Labute approximate surface area is 110 Å². The van der Waals surface area contributed by atoms with Gasteiger partial charge in [-0.3, -0.25) is 0 Å². The smallest absolute Gasteiger partial charge is 0.109 e. The molecular weight excluding hydrogens is 276 g/mol. The number of benzene rings is 1. The average Bonchev–Trinajstić information content (AvgIpc) is 2.66. The van der Waals surface area contributed by atoms with Gasteiger partial charge in [0.25, 0.3) is 0 Å². The molecule has 1 aliphatic rings. The molecule has 17 heavy (non-hydrogen) atoms. The van der Waals surface area contributed by atoms with Crippen LogP contribution in [0.1, 0.15) is 24.4 Å². The second-order valence-electron chi connectivity index (χ2n) is 4.58. The van der Waals surface area contributed by atoms with Crippen LogP contribution in [0.15, 0.2) is 28.7 Å². The number of fused-ring (bicyclic) bond motifs is 1. The van der Waals surface area contributed by atoms with Gasteiger partial charge in [-0.05, 0) is 31.9 Å². The average molecular weight is 291 g/mol. The fourth-order valence-corrected chi connectivity index (χ4v) is 2.85. The number of hydrogen-bond acceptors (Lipinski definition) is 1. The maximum Gasteiger partial charge on any atom is 0.109 e. The number of halogens is 1. The van der Waals surface area contributed by atoms with Crippen LogP contribution in [-0.4, -0.2) is 9.55 Å². The summed E-state index contributed by atoms with van der Waals surface area (Å²) in [6.45, 7) is 3.23. The molecule has 0 radical (unpaired) electrons. The van der Waals surface area contributed by atoms with Crippen molar-refractivity contribution in [3.05, 3.63) is 40.3 Å². The van der Waals surface area contributed by atoms with Gasteiger partial charge in [-0.2, -0.15) is 0 Å². The first-order chi connectivity index (χ1) is 8.25. The van der Waals surface area contributed by atoms with E-state index in [1.165, 1.54) is 29.9 Å². The van der Waals surface area contributed by atoms with Crippen molar-refractivity contribution in [2.75, 3.05) is 0 Å². The van der Waals surface area contributed by atoms with Crippen LogP contribution in [0.25, 0.3) is 11.3 Å². The molecule has 0 spiro atoms. The van der Waals surface area contributed by atoms with Crippen molar-refractivity contribution >= 4 is 15.9 Å². The SMILES string of the molecule is Cc1nc2n(c1-c1ccc(Br)cc1)CCCC2. The monoisotopic (exact) mass is 290 g/mol. The van der Waals surface area contributed by atoms with Gasteiger partial charge in [-0.1, -0.05) is 28.1 Å². The van der Waals surface area contributed by atoms with E-state index in [-0.39, 0.29) is 0 Å². The summed E-state index contributed by atoms with van der Waals surface area (Å²) >= 11 is 3.48. The molecule has 3 rings (SSSR count). The van der Waals surface area contributed by atoms with Crippen LogP contribution < -0.4 is 0 Å². The minimum atomic E-state index is 1.11. The lowest BCUT2D eigenvalue weighted by molar-refractivity contribution is 0.526. The first kappa shape index (κ1) is 11.0. The fourth-order valence-electron chi connectivity index (χ4n) is 2.59. The molecule has 2 aromatic rings. The Morgan fingerprint density at radius 2 is 1.94 bits per heavy atom. The van der Waals surface area contributed by atoms with Gasteiger partial charge in [0.05, 0.1) is 11.4 Å². The van der Waals surface area contributed by atoms with Gasteiger partial charge < -0.3 is 4.57 Å². The molecule has 0 unspecified atom stereocenters. The predicted octanol–water partition coefficient (Wildman–Crippen LogP) is 3.96. The number of nitrogens with zero attached hydrogens (tertiary/aromatic N) is 2. The first-order valence-corrected chi connectivity index (χ1v) is 6.87. The summed E-state index contributed by atoms with van der Waals surface area (Å²) in [7, 11) is 0. The Morgan fingerprint density at radius 1 is 1.18 bits per heavy atom. The second-order valence-corrected chi connectivity index (χ2v) is 5.49. The van der Waals surface area contributed by atoms with Gasteiger partial charge in [-0.25, -0.2) is 4.98 Å². The molecule has 3 heteroatoms. The highest BCUT2D eigenvalue weighted by Crippen LogP contribution is 2.29. The summed E-state index contributed by atoms with van der Waals surface area (Å²) in [4.78, 5) is 4.70. The van der Waals surface area contributed by atoms with Crippen molar-refractivity contribution in [3.63, 3.8) is 0 Å². The number of aryl methyl sites for hydroxylation is 2. The molecule has 0 bridgehead atoms. The lowest BCUT2D eigenvalue weighted by Crippen LogP contribution is -2.11. The lowest BCUT2D eigenvalue weighted by Gasteiger charge is -2.16. The molecular formula is C14H15BrN2. The minimum absolute atomic E-state index is 1.11. The molecule has 1 aromatic heterocycles. The molecule has 0 atom stereocenters. The van der Waals surface area contributed by atoms with Crippen molar-refractivity contribution in [1.29, 1.82) is 0 Å².